The van der Waals surface area contributed by atoms with Gasteiger partial charge in [0.15, 0.2) is 0 Å². The van der Waals surface area contributed by atoms with Crippen LogP contribution in [0.1, 0.15) is 13.8 Å². The molecule has 19 heavy (non-hydrogen) atoms. The third kappa shape index (κ3) is 4.51. The van der Waals surface area contributed by atoms with E-state index in [2.05, 4.69) is 25.6 Å². The maximum atomic E-state index is 5.91. The number of hydrogen-bond acceptors (Lipinski definition) is 6. The summed E-state index contributed by atoms with van der Waals surface area (Å²) >= 11 is 0. The molecular formula is C13H18N6. The maximum absolute atomic E-state index is 5.91. The highest BCUT2D eigenvalue weighted by molar-refractivity contribution is 5.55. The van der Waals surface area contributed by atoms with Gasteiger partial charge in [-0.3, -0.25) is 0 Å². The zero-order valence-corrected chi connectivity index (χ0v) is 11.1. The first-order valence-electron chi connectivity index (χ1n) is 6.06. The fourth-order valence-corrected chi connectivity index (χ4v) is 1.41. The van der Waals surface area contributed by atoms with E-state index in [1.165, 1.54) is 6.33 Å². The lowest BCUT2D eigenvalue weighted by molar-refractivity contribution is 0.548. The molecule has 6 nitrogen and oxygen atoms in total. The van der Waals surface area contributed by atoms with E-state index in [1.807, 2.05) is 38.1 Å². The van der Waals surface area contributed by atoms with Crippen molar-refractivity contribution >= 4 is 17.5 Å². The Bertz CT molecular complexity index is 520. The summed E-state index contributed by atoms with van der Waals surface area (Å²) in [5, 5.41) is 6.28. The molecular weight excluding hydrogens is 240 g/mol. The minimum absolute atomic E-state index is 0.292. The van der Waals surface area contributed by atoms with Crippen LogP contribution in [-0.4, -0.2) is 27.0 Å². The van der Waals surface area contributed by atoms with Gasteiger partial charge in [-0.15, -0.1) is 0 Å². The second-order valence-electron chi connectivity index (χ2n) is 4.97. The van der Waals surface area contributed by atoms with Gasteiger partial charge in [-0.1, -0.05) is 6.07 Å². The van der Waals surface area contributed by atoms with Gasteiger partial charge in [0.25, 0.3) is 0 Å². The SMILES string of the molecule is CC(C)(N)CNc1cc(Nc2ccccn2)ncn1. The number of nitrogens with one attached hydrogen (secondary N) is 2. The fraction of sp³-hybridized carbons (Fsp3) is 0.308. The van der Waals surface area contributed by atoms with Gasteiger partial charge in [0.2, 0.25) is 0 Å². The molecule has 0 saturated heterocycles. The Balaban J connectivity index is 2.03. The molecule has 0 aliphatic rings. The highest BCUT2D eigenvalue weighted by Gasteiger charge is 2.10. The van der Waals surface area contributed by atoms with Gasteiger partial charge in [0.1, 0.15) is 23.8 Å². The molecule has 0 unspecified atom stereocenters. The Hall–Kier alpha value is -2.21. The molecule has 0 amide bonds. The van der Waals surface area contributed by atoms with Crippen molar-refractivity contribution in [2.45, 2.75) is 19.4 Å². The van der Waals surface area contributed by atoms with Crippen molar-refractivity contribution in [1.29, 1.82) is 0 Å². The molecule has 4 N–H and O–H groups in total. The van der Waals surface area contributed by atoms with Gasteiger partial charge in [0, 0.05) is 24.3 Å². The van der Waals surface area contributed by atoms with Gasteiger partial charge in [0.05, 0.1) is 0 Å². The first-order chi connectivity index (χ1) is 9.03. The fourth-order valence-electron chi connectivity index (χ4n) is 1.41. The van der Waals surface area contributed by atoms with Crippen molar-refractivity contribution in [1.82, 2.24) is 15.0 Å². The van der Waals surface area contributed by atoms with E-state index in [0.717, 1.165) is 11.6 Å². The largest absolute Gasteiger partial charge is 0.368 e. The lowest BCUT2D eigenvalue weighted by atomic mass is 10.1. The molecule has 0 fully saturated rings. The molecule has 0 bridgehead atoms. The van der Waals surface area contributed by atoms with Crippen LogP contribution >= 0.6 is 0 Å². The first kappa shape index (κ1) is 13.2. The Kier molecular flexibility index (Phi) is 3.91. The molecule has 0 spiro atoms. The molecule has 6 heteroatoms. The van der Waals surface area contributed by atoms with Gasteiger partial charge in [-0.25, -0.2) is 15.0 Å². The van der Waals surface area contributed by atoms with Crippen LogP contribution in [0.2, 0.25) is 0 Å². The van der Waals surface area contributed by atoms with Crippen molar-refractivity contribution in [2.75, 3.05) is 17.2 Å². The quantitative estimate of drug-likeness (QED) is 0.757. The molecule has 2 heterocycles. The van der Waals surface area contributed by atoms with Crippen LogP contribution in [0.3, 0.4) is 0 Å². The second kappa shape index (κ2) is 5.62. The molecule has 2 aromatic heterocycles. The number of rotatable bonds is 5. The van der Waals surface area contributed by atoms with Crippen LogP contribution in [0, 0.1) is 0 Å². The predicted octanol–water partition coefficient (Wildman–Crippen LogP) is 1.76. The molecule has 0 aliphatic carbocycles. The Morgan fingerprint density at radius 2 is 1.89 bits per heavy atom. The summed E-state index contributed by atoms with van der Waals surface area (Å²) < 4.78 is 0. The third-order valence-corrected chi connectivity index (χ3v) is 2.31. The van der Waals surface area contributed by atoms with Gasteiger partial charge >= 0.3 is 0 Å². The van der Waals surface area contributed by atoms with Crippen LogP contribution in [0.25, 0.3) is 0 Å². The summed E-state index contributed by atoms with van der Waals surface area (Å²) in [6.45, 7) is 4.54. The number of anilines is 3. The maximum Gasteiger partial charge on any atom is 0.137 e. The monoisotopic (exact) mass is 258 g/mol. The average molecular weight is 258 g/mol. The zero-order valence-electron chi connectivity index (χ0n) is 11.1. The topological polar surface area (TPSA) is 88.8 Å². The van der Waals surface area contributed by atoms with Crippen molar-refractivity contribution in [3.8, 4) is 0 Å². The molecule has 2 aromatic rings. The molecule has 0 aliphatic heterocycles. The van der Waals surface area contributed by atoms with Crippen molar-refractivity contribution < 1.29 is 0 Å². The minimum atomic E-state index is -0.292. The van der Waals surface area contributed by atoms with Gasteiger partial charge < -0.3 is 16.4 Å². The van der Waals surface area contributed by atoms with Gasteiger partial charge in [-0.05, 0) is 26.0 Å². The summed E-state index contributed by atoms with van der Waals surface area (Å²) in [6, 6.07) is 7.47. The van der Waals surface area contributed by atoms with E-state index in [4.69, 9.17) is 5.73 Å². The molecule has 0 radical (unpaired) electrons. The normalized spacial score (nSPS) is 11.1. The summed E-state index contributed by atoms with van der Waals surface area (Å²) in [4.78, 5) is 12.5. The van der Waals surface area contributed by atoms with E-state index in [0.29, 0.717) is 12.4 Å². The number of hydrogen-bond donors (Lipinski definition) is 3. The van der Waals surface area contributed by atoms with Crippen molar-refractivity contribution in [3.05, 3.63) is 36.8 Å². The molecule has 0 aromatic carbocycles. The van der Waals surface area contributed by atoms with Crippen LogP contribution in [0.4, 0.5) is 17.5 Å². The Morgan fingerprint density at radius 1 is 1.11 bits per heavy atom. The molecule has 100 valence electrons. The summed E-state index contributed by atoms with van der Waals surface area (Å²) in [5.74, 6) is 2.16. The molecule has 2 rings (SSSR count). The lowest BCUT2D eigenvalue weighted by Crippen LogP contribution is -2.39. The molecule has 0 saturated carbocycles. The smallest absolute Gasteiger partial charge is 0.137 e. The predicted molar refractivity (Wildman–Crippen MR) is 76.3 cm³/mol. The highest BCUT2D eigenvalue weighted by atomic mass is 15.1. The summed E-state index contributed by atoms with van der Waals surface area (Å²) in [6.07, 6.45) is 3.22. The van der Waals surface area contributed by atoms with Gasteiger partial charge in [-0.2, -0.15) is 0 Å². The Labute approximate surface area is 112 Å². The average Bonchev–Trinajstić information content (AvgIpc) is 2.37. The van der Waals surface area contributed by atoms with E-state index in [1.54, 1.807) is 6.20 Å². The second-order valence-corrected chi connectivity index (χ2v) is 4.97. The number of pyridine rings is 1. The molecule has 0 atom stereocenters. The van der Waals surface area contributed by atoms with Crippen molar-refractivity contribution in [3.63, 3.8) is 0 Å². The third-order valence-electron chi connectivity index (χ3n) is 2.31. The van der Waals surface area contributed by atoms with E-state index in [-0.39, 0.29) is 5.54 Å². The van der Waals surface area contributed by atoms with Crippen LogP contribution in [-0.2, 0) is 0 Å². The van der Waals surface area contributed by atoms with Crippen LogP contribution < -0.4 is 16.4 Å². The minimum Gasteiger partial charge on any atom is -0.368 e. The number of aromatic nitrogens is 3. The lowest BCUT2D eigenvalue weighted by Gasteiger charge is -2.19. The van der Waals surface area contributed by atoms with Crippen molar-refractivity contribution in [2.24, 2.45) is 5.73 Å². The summed E-state index contributed by atoms with van der Waals surface area (Å²) in [5.41, 5.74) is 5.62. The summed E-state index contributed by atoms with van der Waals surface area (Å²) in [7, 11) is 0. The van der Waals surface area contributed by atoms with E-state index < -0.39 is 0 Å². The number of nitrogens with zero attached hydrogens (tertiary/aromatic N) is 3. The standard InChI is InChI=1S/C13H18N6/c1-13(2,14)8-16-11-7-12(18-9-17-11)19-10-5-3-4-6-15-10/h3-7,9H,8,14H2,1-2H3,(H2,15,16,17,18,19). The van der Waals surface area contributed by atoms with E-state index in [9.17, 15) is 0 Å². The zero-order chi connectivity index (χ0) is 13.7. The highest BCUT2D eigenvalue weighted by Crippen LogP contribution is 2.14. The Morgan fingerprint density at radius 3 is 2.58 bits per heavy atom. The van der Waals surface area contributed by atoms with E-state index >= 15 is 0 Å². The first-order valence-corrected chi connectivity index (χ1v) is 6.06. The number of nitrogens with two attached hydrogens (primary N) is 1. The van der Waals surface area contributed by atoms with Crippen LogP contribution in [0.15, 0.2) is 36.8 Å². The van der Waals surface area contributed by atoms with Crippen LogP contribution in [0.5, 0.6) is 0 Å².